The van der Waals surface area contributed by atoms with Crippen LogP contribution in [0.3, 0.4) is 0 Å². The van der Waals surface area contributed by atoms with Crippen LogP contribution in [0.5, 0.6) is 0 Å². The van der Waals surface area contributed by atoms with Crippen LogP contribution in [-0.2, 0) is 81.7 Å². The molecule has 0 aromatic carbocycles. The monoisotopic (exact) mass is 1650 g/mol. The number of rotatable bonds is 24. The van der Waals surface area contributed by atoms with Gasteiger partial charge in [0.05, 0.1) is 52.4 Å². The normalized spacial score (nSPS) is 8.16. The topological polar surface area (TPSA) is 0 Å². The van der Waals surface area contributed by atoms with Gasteiger partial charge in [-0.2, -0.15) is 0 Å². The summed E-state index contributed by atoms with van der Waals surface area (Å²) in [6.45, 7) is 30.0. The Hall–Kier alpha value is 6.05. The Morgan fingerprint density at radius 1 is 0.200 bits per heavy atom. The van der Waals surface area contributed by atoms with E-state index in [1.54, 1.807) is 0 Å². The maximum atomic E-state index is 2.33. The molecule has 18 heteroatoms. The molecule has 332 valence electrons. The molecule has 0 aliphatic rings. The van der Waals surface area contributed by atoms with Gasteiger partial charge in [0.25, 0.3) is 0 Å². The summed E-state index contributed by atoms with van der Waals surface area (Å²) in [6, 6.07) is 0. The molecule has 0 bridgehead atoms. The van der Waals surface area contributed by atoms with Gasteiger partial charge in [0, 0.05) is 81.7 Å². The third-order valence-electron chi connectivity index (χ3n) is 7.89. The summed E-state index contributed by atoms with van der Waals surface area (Å²) < 4.78 is 2.84. The predicted octanol–water partition coefficient (Wildman–Crippen LogP) is -26.0. The summed E-state index contributed by atoms with van der Waals surface area (Å²) in [5.74, 6) is 0. The van der Waals surface area contributed by atoms with E-state index in [0.29, 0.717) is 0 Å². The molecule has 0 aromatic rings. The van der Waals surface area contributed by atoms with Crippen molar-refractivity contribution in [1.82, 2.24) is 0 Å². The van der Waals surface area contributed by atoms with Gasteiger partial charge in [-0.3, -0.25) is 0 Å². The van der Waals surface area contributed by atoms with E-state index in [4.69, 9.17) is 0 Å². The first-order chi connectivity index (χ1) is 16.5. The Morgan fingerprint density at radius 3 is 0.340 bits per heavy atom. The third-order valence-corrected chi connectivity index (χ3v) is 7.89. The maximum absolute atomic E-state index is 2.33. The van der Waals surface area contributed by atoms with Crippen LogP contribution >= 0.6 is 0 Å². The van der Waals surface area contributed by atoms with Crippen molar-refractivity contribution in [2.75, 3.05) is 52.4 Å². The Kier molecular flexibility index (Phi) is 213. The molecule has 0 atom stereocenters. The van der Waals surface area contributed by atoms with Gasteiger partial charge in [0.15, 0.2) is 0 Å². The van der Waals surface area contributed by atoms with Crippen LogP contribution < -0.4 is 149 Å². The second kappa shape index (κ2) is 91.0. The summed E-state index contributed by atoms with van der Waals surface area (Å²) >= 11 is 0. The predicted molar refractivity (Wildman–Crippen MR) is 159 cm³/mol. The van der Waals surface area contributed by atoms with Crippen LogP contribution in [0.1, 0.15) is 158 Å². The smallest absolute Gasteiger partial charge is 0.0786 e. The fourth-order valence-corrected chi connectivity index (χ4v) is 5.29. The fraction of sp³-hybridized carbons (Fsp3) is 1.00. The zero-order chi connectivity index (χ0) is 26.0. The number of hydrogen-bond donors (Lipinski definition) is 0. The van der Waals surface area contributed by atoms with Crippen molar-refractivity contribution in [3.63, 3.8) is 0 Å². The van der Waals surface area contributed by atoms with Gasteiger partial charge in [-0.05, 0) is 51.4 Å². The number of quaternary nitrogens is 2. The average molecular weight is 1660 g/mol. The molecule has 0 heterocycles. The van der Waals surface area contributed by atoms with Gasteiger partial charge in [-0.1, -0.05) is 107 Å². The zero-order valence-electron chi connectivity index (χ0n) is 31.9. The number of unbranched alkanes of at least 4 members (excludes halogenated alkanes) is 8. The van der Waals surface area contributed by atoms with Crippen molar-refractivity contribution < 1.29 is 240 Å². The third kappa shape index (κ3) is 71.7. The first-order valence-electron chi connectivity index (χ1n) is 16.2. The Balaban J connectivity index is -0.0000000194. The zero-order valence-corrected chi connectivity index (χ0v) is 51.8. The van der Waals surface area contributed by atoms with E-state index in [1.165, 1.54) is 164 Å². The molecule has 2 nitrogen and oxygen atoms in total. The van der Waals surface area contributed by atoms with Gasteiger partial charge >= 0.3 is 0 Å². The van der Waals surface area contributed by atoms with Crippen molar-refractivity contribution in [1.29, 1.82) is 0 Å². The van der Waals surface area contributed by atoms with Crippen molar-refractivity contribution in [2.24, 2.45) is 0 Å². The molecular formula is C32H72Cl12N2Re4-10. The van der Waals surface area contributed by atoms with Gasteiger partial charge in [0.1, 0.15) is 0 Å². The largest absolute Gasteiger partial charge is 1.00 e. The molecular weight excluding hydrogens is 1580 g/mol. The van der Waals surface area contributed by atoms with Crippen LogP contribution in [0, 0.1) is 0 Å². The van der Waals surface area contributed by atoms with E-state index in [9.17, 15) is 0 Å². The van der Waals surface area contributed by atoms with Crippen LogP contribution in [0.25, 0.3) is 0 Å². The van der Waals surface area contributed by atoms with Crippen LogP contribution in [-0.4, -0.2) is 61.3 Å². The van der Waals surface area contributed by atoms with E-state index in [-0.39, 0.29) is 231 Å². The summed E-state index contributed by atoms with van der Waals surface area (Å²) in [6.07, 6.45) is 22.1. The van der Waals surface area contributed by atoms with E-state index < -0.39 is 0 Å². The average Bonchev–Trinajstić information content (AvgIpc) is 2.87. The molecule has 0 saturated carbocycles. The van der Waals surface area contributed by atoms with Gasteiger partial charge in [-0.25, -0.2) is 0 Å². The van der Waals surface area contributed by atoms with Gasteiger partial charge in [0.2, 0.25) is 0 Å². The molecule has 0 amide bonds. The Bertz CT molecular complexity index is 326. The van der Waals surface area contributed by atoms with E-state index in [2.05, 4.69) is 55.4 Å². The molecule has 50 heavy (non-hydrogen) atoms. The van der Waals surface area contributed by atoms with Crippen molar-refractivity contribution in [3.05, 3.63) is 0 Å². The summed E-state index contributed by atoms with van der Waals surface area (Å²) in [5.41, 5.74) is 0. The van der Waals surface area contributed by atoms with Gasteiger partial charge in [-0.15, -0.1) is 0 Å². The quantitative estimate of drug-likeness (QED) is 0.0845. The molecule has 0 rings (SSSR count). The SMILES string of the molecule is CCCC[N+](CCCC)(CCCC)CCCC.CCCC[N+](CCCC)(CCCC)CCCC.[Cl-].[Cl-].[Cl-].[Cl-].[Cl-].[Cl-].[Cl-].[Cl-].[Cl-].[Cl-].[Cl-].[Cl-].[Re].[Re].[Re].[Re]. The molecule has 0 aromatic heterocycles. The molecule has 0 fully saturated rings. The number of nitrogens with zero attached hydrogens (tertiary/aromatic N) is 2. The molecule has 4 radical (unpaired) electrons. The first kappa shape index (κ1) is 117. The molecule has 0 spiro atoms. The summed E-state index contributed by atoms with van der Waals surface area (Å²) in [5, 5.41) is 0. The Labute approximate surface area is 444 Å². The molecule has 0 N–H and O–H groups in total. The molecule has 0 aliphatic carbocycles. The maximum Gasteiger partial charge on any atom is 0.0786 e. The van der Waals surface area contributed by atoms with E-state index >= 15 is 0 Å². The van der Waals surface area contributed by atoms with E-state index in [0.717, 1.165) is 0 Å². The minimum Gasteiger partial charge on any atom is -1.00 e. The standard InChI is InChI=1S/2C16H36N.12ClH.4Re/c2*1-5-9-13-17(14-10-6-2,15-11-7-3)16-12-8-4;;;;;;;;;;;;;;;;/h2*5-16H2,1-4H3;12*1H;;;;/q2*+1;;;;;;;;;;;;;;;;/p-12. The number of hydrogen-bond acceptors (Lipinski definition) is 0. The summed E-state index contributed by atoms with van der Waals surface area (Å²) in [7, 11) is 0. The molecule has 0 aliphatic heterocycles. The minimum absolute atomic E-state index is 0. The van der Waals surface area contributed by atoms with Crippen LogP contribution in [0.4, 0.5) is 0 Å². The molecule has 0 saturated heterocycles. The summed E-state index contributed by atoms with van der Waals surface area (Å²) in [4.78, 5) is 0. The van der Waals surface area contributed by atoms with Crippen molar-refractivity contribution in [2.45, 2.75) is 158 Å². The second-order valence-electron chi connectivity index (χ2n) is 11.3. The van der Waals surface area contributed by atoms with Crippen LogP contribution in [0.2, 0.25) is 0 Å². The molecule has 0 unspecified atom stereocenters. The minimum atomic E-state index is 0. The number of halogens is 12. The first-order valence-corrected chi connectivity index (χ1v) is 16.2. The fourth-order valence-electron chi connectivity index (χ4n) is 5.29. The van der Waals surface area contributed by atoms with E-state index in [1.807, 2.05) is 0 Å². The van der Waals surface area contributed by atoms with Crippen molar-refractivity contribution in [3.8, 4) is 0 Å². The Morgan fingerprint density at radius 2 is 0.280 bits per heavy atom. The second-order valence-corrected chi connectivity index (χ2v) is 11.3. The van der Waals surface area contributed by atoms with Gasteiger partial charge < -0.3 is 158 Å². The van der Waals surface area contributed by atoms with Crippen molar-refractivity contribution >= 4 is 0 Å². The van der Waals surface area contributed by atoms with Crippen LogP contribution in [0.15, 0.2) is 0 Å².